The number of nitrogens with one attached hydrogen (secondary N) is 1. The van der Waals surface area contributed by atoms with Gasteiger partial charge in [-0.1, -0.05) is 39.0 Å². The molecule has 0 amide bonds. The molecule has 19 heavy (non-hydrogen) atoms. The Morgan fingerprint density at radius 1 is 0.895 bits per heavy atom. The molecule has 2 aliphatic rings. The van der Waals surface area contributed by atoms with Gasteiger partial charge in [0.05, 0.1) is 0 Å². The van der Waals surface area contributed by atoms with Crippen LogP contribution in [0, 0.1) is 0 Å². The molecule has 1 saturated carbocycles. The standard InChI is InChI=1S/C17H34N2/c1-3-16-12-14-19(13-11-15(2)18-16)17-9-7-5-4-6-8-10-17/h15-18H,3-14H2,1-2H3. The van der Waals surface area contributed by atoms with Crippen LogP contribution in [-0.2, 0) is 0 Å². The van der Waals surface area contributed by atoms with E-state index in [9.17, 15) is 0 Å². The zero-order chi connectivity index (χ0) is 13.5. The summed E-state index contributed by atoms with van der Waals surface area (Å²) < 4.78 is 0. The zero-order valence-electron chi connectivity index (χ0n) is 13.2. The van der Waals surface area contributed by atoms with E-state index in [0.717, 1.165) is 12.1 Å². The molecule has 1 aliphatic carbocycles. The van der Waals surface area contributed by atoms with Crippen molar-refractivity contribution in [1.82, 2.24) is 10.2 Å². The van der Waals surface area contributed by atoms with E-state index < -0.39 is 0 Å². The van der Waals surface area contributed by atoms with Gasteiger partial charge in [0.15, 0.2) is 0 Å². The van der Waals surface area contributed by atoms with Crippen LogP contribution in [0.2, 0.25) is 0 Å². The monoisotopic (exact) mass is 266 g/mol. The average molecular weight is 266 g/mol. The molecule has 2 heteroatoms. The van der Waals surface area contributed by atoms with Crippen molar-refractivity contribution in [1.29, 1.82) is 0 Å². The lowest BCUT2D eigenvalue weighted by Gasteiger charge is -2.37. The first-order chi connectivity index (χ1) is 9.29. The van der Waals surface area contributed by atoms with Crippen molar-refractivity contribution in [3.63, 3.8) is 0 Å². The Labute approximate surface area is 120 Å². The van der Waals surface area contributed by atoms with E-state index in [0.29, 0.717) is 6.04 Å². The Morgan fingerprint density at radius 3 is 2.21 bits per heavy atom. The summed E-state index contributed by atoms with van der Waals surface area (Å²) in [6.07, 6.45) is 14.2. The van der Waals surface area contributed by atoms with Crippen molar-refractivity contribution in [2.75, 3.05) is 13.1 Å². The first kappa shape index (κ1) is 15.3. The lowest BCUT2D eigenvalue weighted by atomic mass is 9.94. The van der Waals surface area contributed by atoms with Crippen molar-refractivity contribution in [3.05, 3.63) is 0 Å². The molecule has 0 aromatic carbocycles. The molecule has 2 atom stereocenters. The fourth-order valence-corrected chi connectivity index (χ4v) is 3.85. The maximum Gasteiger partial charge on any atom is 0.00952 e. The number of nitrogens with zero attached hydrogens (tertiary/aromatic N) is 1. The molecular weight excluding hydrogens is 232 g/mol. The lowest BCUT2D eigenvalue weighted by Crippen LogP contribution is -2.47. The molecule has 2 rings (SSSR count). The maximum absolute atomic E-state index is 3.79. The number of hydrogen-bond acceptors (Lipinski definition) is 2. The van der Waals surface area contributed by atoms with Gasteiger partial charge >= 0.3 is 0 Å². The van der Waals surface area contributed by atoms with Crippen LogP contribution in [0.5, 0.6) is 0 Å². The second kappa shape index (κ2) is 8.26. The first-order valence-electron chi connectivity index (χ1n) is 8.79. The summed E-state index contributed by atoms with van der Waals surface area (Å²) in [4.78, 5) is 2.84. The van der Waals surface area contributed by atoms with Gasteiger partial charge in [0, 0.05) is 18.1 Å². The number of hydrogen-bond donors (Lipinski definition) is 1. The normalized spacial score (nSPS) is 33.2. The topological polar surface area (TPSA) is 15.3 Å². The van der Waals surface area contributed by atoms with E-state index in [-0.39, 0.29) is 0 Å². The summed E-state index contributed by atoms with van der Waals surface area (Å²) in [5.74, 6) is 0. The minimum Gasteiger partial charge on any atom is -0.311 e. The Balaban J connectivity index is 1.88. The highest BCUT2D eigenvalue weighted by Crippen LogP contribution is 2.23. The van der Waals surface area contributed by atoms with Gasteiger partial charge in [0.1, 0.15) is 0 Å². The van der Waals surface area contributed by atoms with Gasteiger partial charge in [-0.2, -0.15) is 0 Å². The minimum atomic E-state index is 0.696. The van der Waals surface area contributed by atoms with Crippen LogP contribution in [-0.4, -0.2) is 36.1 Å². The summed E-state index contributed by atoms with van der Waals surface area (Å²) in [5, 5.41) is 3.79. The van der Waals surface area contributed by atoms with Crippen LogP contribution in [0.25, 0.3) is 0 Å². The van der Waals surface area contributed by atoms with Crippen LogP contribution in [0.4, 0.5) is 0 Å². The molecular formula is C17H34N2. The highest BCUT2D eigenvalue weighted by Gasteiger charge is 2.23. The molecule has 0 aromatic rings. The van der Waals surface area contributed by atoms with Crippen LogP contribution >= 0.6 is 0 Å². The predicted octanol–water partition coefficient (Wildman–Crippen LogP) is 3.95. The van der Waals surface area contributed by atoms with Crippen molar-refractivity contribution in [2.24, 2.45) is 0 Å². The molecule has 0 bridgehead atoms. The average Bonchev–Trinajstić information content (AvgIpc) is 2.35. The number of rotatable bonds is 2. The van der Waals surface area contributed by atoms with Crippen molar-refractivity contribution in [3.8, 4) is 0 Å². The van der Waals surface area contributed by atoms with Crippen LogP contribution < -0.4 is 5.32 Å². The third kappa shape index (κ3) is 5.07. The van der Waals surface area contributed by atoms with Gasteiger partial charge in [-0.3, -0.25) is 0 Å². The van der Waals surface area contributed by atoms with E-state index in [2.05, 4.69) is 24.1 Å². The summed E-state index contributed by atoms with van der Waals surface area (Å²) >= 11 is 0. The van der Waals surface area contributed by atoms with Gasteiger partial charge < -0.3 is 10.2 Å². The molecule has 1 N–H and O–H groups in total. The van der Waals surface area contributed by atoms with E-state index in [1.54, 1.807) is 0 Å². The molecule has 2 nitrogen and oxygen atoms in total. The zero-order valence-corrected chi connectivity index (χ0v) is 13.2. The minimum absolute atomic E-state index is 0.696. The molecule has 112 valence electrons. The summed E-state index contributed by atoms with van der Waals surface area (Å²) in [6, 6.07) is 2.33. The van der Waals surface area contributed by atoms with Gasteiger partial charge in [-0.05, 0) is 52.1 Å². The molecule has 1 aliphatic heterocycles. The summed E-state index contributed by atoms with van der Waals surface area (Å²) in [6.45, 7) is 7.33. The van der Waals surface area contributed by atoms with Gasteiger partial charge in [-0.25, -0.2) is 0 Å². The van der Waals surface area contributed by atoms with Crippen molar-refractivity contribution >= 4 is 0 Å². The predicted molar refractivity (Wildman–Crippen MR) is 83.6 cm³/mol. The first-order valence-corrected chi connectivity index (χ1v) is 8.79. The summed E-state index contributed by atoms with van der Waals surface area (Å²) in [7, 11) is 0. The van der Waals surface area contributed by atoms with Crippen LogP contribution in [0.3, 0.4) is 0 Å². The van der Waals surface area contributed by atoms with Gasteiger partial charge in [0.2, 0.25) is 0 Å². The van der Waals surface area contributed by atoms with E-state index in [1.807, 2.05) is 0 Å². The fourth-order valence-electron chi connectivity index (χ4n) is 3.85. The Bertz CT molecular complexity index is 233. The van der Waals surface area contributed by atoms with Crippen molar-refractivity contribution < 1.29 is 0 Å². The Hall–Kier alpha value is -0.0800. The molecule has 2 unspecified atom stereocenters. The second-order valence-electron chi connectivity index (χ2n) is 6.79. The SMILES string of the molecule is CCC1CCN(C2CCCCCCC2)CCC(C)N1. The van der Waals surface area contributed by atoms with E-state index >= 15 is 0 Å². The quantitative estimate of drug-likeness (QED) is 0.814. The molecule has 0 radical (unpaired) electrons. The fraction of sp³-hybridized carbons (Fsp3) is 1.00. The highest BCUT2D eigenvalue weighted by atomic mass is 15.2. The van der Waals surface area contributed by atoms with Gasteiger partial charge in [0.25, 0.3) is 0 Å². The van der Waals surface area contributed by atoms with E-state index in [1.165, 1.54) is 77.3 Å². The smallest absolute Gasteiger partial charge is 0.00952 e. The van der Waals surface area contributed by atoms with Crippen LogP contribution in [0.1, 0.15) is 78.1 Å². The third-order valence-electron chi connectivity index (χ3n) is 5.22. The molecule has 2 fully saturated rings. The lowest BCUT2D eigenvalue weighted by molar-refractivity contribution is 0.136. The van der Waals surface area contributed by atoms with Crippen molar-refractivity contribution in [2.45, 2.75) is 96.2 Å². The third-order valence-corrected chi connectivity index (χ3v) is 5.22. The van der Waals surface area contributed by atoms with Gasteiger partial charge in [-0.15, -0.1) is 0 Å². The largest absolute Gasteiger partial charge is 0.311 e. The molecule has 1 saturated heterocycles. The molecule has 0 spiro atoms. The summed E-state index contributed by atoms with van der Waals surface area (Å²) in [5.41, 5.74) is 0. The molecule has 1 heterocycles. The molecule has 0 aromatic heterocycles. The highest BCUT2D eigenvalue weighted by molar-refractivity contribution is 4.81. The second-order valence-corrected chi connectivity index (χ2v) is 6.79. The van der Waals surface area contributed by atoms with E-state index in [4.69, 9.17) is 0 Å². The maximum atomic E-state index is 3.79. The Morgan fingerprint density at radius 2 is 1.53 bits per heavy atom. The van der Waals surface area contributed by atoms with Crippen LogP contribution in [0.15, 0.2) is 0 Å². The Kier molecular flexibility index (Phi) is 6.66.